The second kappa shape index (κ2) is 6.49. The molecule has 1 spiro atoms. The maximum absolute atomic E-state index is 14.1. The average Bonchev–Trinajstić information content (AvgIpc) is 3.36. The van der Waals surface area contributed by atoms with Gasteiger partial charge in [0.1, 0.15) is 5.82 Å². The fourth-order valence-corrected chi connectivity index (χ4v) is 8.39. The van der Waals surface area contributed by atoms with Crippen LogP contribution in [0.1, 0.15) is 45.6 Å². The number of fused-ring (bicyclic) bond motifs is 10. The Morgan fingerprint density at radius 2 is 1.61 bits per heavy atom. The lowest BCUT2D eigenvalue weighted by Gasteiger charge is -2.54. The Morgan fingerprint density at radius 1 is 0.944 bits per heavy atom. The molecule has 0 radical (unpaired) electrons. The quantitative estimate of drug-likeness (QED) is 0.523. The number of hydrogen-bond donors (Lipinski definition) is 0. The minimum atomic E-state index is -1.39. The minimum absolute atomic E-state index is 0.0492. The lowest BCUT2D eigenvalue weighted by molar-refractivity contribution is -0.161. The zero-order chi connectivity index (χ0) is 25.4. The van der Waals surface area contributed by atoms with Gasteiger partial charge in [-0.3, -0.25) is 19.4 Å². The van der Waals surface area contributed by atoms with E-state index in [9.17, 15) is 14.4 Å². The lowest BCUT2D eigenvalue weighted by Crippen LogP contribution is -2.72. The van der Waals surface area contributed by atoms with Crippen molar-refractivity contribution in [2.24, 2.45) is 16.2 Å². The zero-order valence-corrected chi connectivity index (χ0v) is 21.3. The molecule has 1 aromatic heterocycles. The van der Waals surface area contributed by atoms with Crippen LogP contribution in [0.3, 0.4) is 0 Å². The van der Waals surface area contributed by atoms with Gasteiger partial charge in [0.05, 0.1) is 11.6 Å². The third-order valence-corrected chi connectivity index (χ3v) is 9.20. The Kier molecular flexibility index (Phi) is 3.95. The molecule has 36 heavy (non-hydrogen) atoms. The third-order valence-electron chi connectivity index (χ3n) is 9.20. The Balaban J connectivity index is 1.51. The summed E-state index contributed by atoms with van der Waals surface area (Å²) in [5.74, 6) is 1.36. The van der Waals surface area contributed by atoms with E-state index in [-0.39, 0.29) is 36.1 Å². The molecule has 2 bridgehead atoms. The molecule has 1 aliphatic carbocycles. The fourth-order valence-electron chi connectivity index (χ4n) is 8.39. The summed E-state index contributed by atoms with van der Waals surface area (Å²) in [5.41, 5.74) is 0.0186. The number of aromatic nitrogens is 1. The van der Waals surface area contributed by atoms with Crippen molar-refractivity contribution in [3.63, 3.8) is 0 Å². The van der Waals surface area contributed by atoms with Crippen molar-refractivity contribution in [3.05, 3.63) is 23.8 Å². The minimum Gasteiger partial charge on any atom is -0.454 e. The second-order valence-corrected chi connectivity index (χ2v) is 12.4. The molecule has 1 saturated carbocycles. The molecular weight excluding hydrogens is 460 g/mol. The highest BCUT2D eigenvalue weighted by Crippen LogP contribution is 2.64. The zero-order valence-electron chi connectivity index (χ0n) is 21.3. The van der Waals surface area contributed by atoms with Gasteiger partial charge in [-0.2, -0.15) is 0 Å². The Morgan fingerprint density at radius 3 is 2.31 bits per heavy atom. The maximum Gasteiger partial charge on any atom is 0.332 e. The molecule has 2 aromatic rings. The first kappa shape index (κ1) is 21.9. The second-order valence-electron chi connectivity index (χ2n) is 12.4. The number of carbonyl (C=O) groups is 3. The Hall–Kier alpha value is -3.36. The molecule has 3 atom stereocenters. The van der Waals surface area contributed by atoms with Gasteiger partial charge >= 0.3 is 6.03 Å². The summed E-state index contributed by atoms with van der Waals surface area (Å²) in [6.45, 7) is 6.93. The van der Waals surface area contributed by atoms with E-state index in [0.717, 1.165) is 51.3 Å². The Bertz CT molecular complexity index is 1380. The molecule has 0 N–H and O–H groups in total. The number of barbiturate groups is 1. The van der Waals surface area contributed by atoms with Crippen LogP contribution in [0.15, 0.2) is 18.2 Å². The van der Waals surface area contributed by atoms with Gasteiger partial charge in [-0.15, -0.1) is 0 Å². The van der Waals surface area contributed by atoms with E-state index in [2.05, 4.69) is 25.7 Å². The average molecular weight is 491 g/mol. The molecule has 2 saturated heterocycles. The topological polar surface area (TPSA) is 92.3 Å². The van der Waals surface area contributed by atoms with Crippen LogP contribution in [-0.4, -0.2) is 65.6 Å². The molecule has 5 heterocycles. The van der Waals surface area contributed by atoms with E-state index in [0.29, 0.717) is 11.5 Å². The largest absolute Gasteiger partial charge is 0.454 e. The van der Waals surface area contributed by atoms with E-state index in [4.69, 9.17) is 14.5 Å². The molecule has 4 amide bonds. The fraction of sp³-hybridized carbons (Fsp3) is 0.556. The number of anilines is 1. The highest BCUT2D eigenvalue weighted by atomic mass is 16.7. The van der Waals surface area contributed by atoms with Crippen molar-refractivity contribution in [2.45, 2.75) is 58.5 Å². The van der Waals surface area contributed by atoms with Crippen molar-refractivity contribution < 1.29 is 23.9 Å². The van der Waals surface area contributed by atoms with E-state index < -0.39 is 23.3 Å². The van der Waals surface area contributed by atoms with Gasteiger partial charge in [0.25, 0.3) is 0 Å². The van der Waals surface area contributed by atoms with E-state index in [1.807, 2.05) is 18.2 Å². The molecule has 1 aromatic carbocycles. The van der Waals surface area contributed by atoms with Crippen LogP contribution >= 0.6 is 0 Å². The number of pyridine rings is 1. The van der Waals surface area contributed by atoms with Crippen LogP contribution in [0.2, 0.25) is 0 Å². The van der Waals surface area contributed by atoms with E-state index >= 15 is 0 Å². The van der Waals surface area contributed by atoms with Gasteiger partial charge in [0.2, 0.25) is 18.6 Å². The van der Waals surface area contributed by atoms with Gasteiger partial charge in [-0.25, -0.2) is 9.78 Å². The molecule has 5 aliphatic rings. The number of hydrogen-bond acceptors (Lipinski definition) is 7. The monoisotopic (exact) mass is 490 g/mol. The smallest absolute Gasteiger partial charge is 0.332 e. The number of benzene rings is 1. The molecule has 3 fully saturated rings. The summed E-state index contributed by atoms with van der Waals surface area (Å²) in [6.07, 6.45) is 2.93. The number of imide groups is 2. The van der Waals surface area contributed by atoms with Gasteiger partial charge in [-0.05, 0) is 47.8 Å². The normalized spacial score (nSPS) is 31.4. The van der Waals surface area contributed by atoms with Gasteiger partial charge in [0, 0.05) is 38.0 Å². The predicted octanol–water partition coefficient (Wildman–Crippen LogP) is 3.33. The van der Waals surface area contributed by atoms with Crippen LogP contribution in [0.25, 0.3) is 10.9 Å². The summed E-state index contributed by atoms with van der Waals surface area (Å²) in [4.78, 5) is 50.6. The highest BCUT2D eigenvalue weighted by Gasteiger charge is 2.72. The van der Waals surface area contributed by atoms with Gasteiger partial charge in [-0.1, -0.05) is 20.8 Å². The van der Waals surface area contributed by atoms with Crippen molar-refractivity contribution >= 4 is 34.6 Å². The number of rotatable bonds is 0. The first-order chi connectivity index (χ1) is 16.9. The summed E-state index contributed by atoms with van der Waals surface area (Å²) in [7, 11) is 2.98. The highest BCUT2D eigenvalue weighted by molar-refractivity contribution is 6.20. The SMILES string of the molecule is CN1C(=O)N(C)C(=O)C2(Cc3cc4cc5c(cc4nc3N3[C@H]4CC(C)(C)C[C@@](C)(C4)[C@H]32)OCO5)C1=O. The van der Waals surface area contributed by atoms with Crippen molar-refractivity contribution in [2.75, 3.05) is 25.8 Å². The summed E-state index contributed by atoms with van der Waals surface area (Å²) in [5, 5.41) is 0.869. The molecule has 0 unspecified atom stereocenters. The van der Waals surface area contributed by atoms with Crippen LogP contribution < -0.4 is 14.4 Å². The van der Waals surface area contributed by atoms with Crippen molar-refractivity contribution in [3.8, 4) is 11.5 Å². The van der Waals surface area contributed by atoms with Gasteiger partial charge in [0.15, 0.2) is 16.9 Å². The van der Waals surface area contributed by atoms with Crippen molar-refractivity contribution in [1.29, 1.82) is 0 Å². The van der Waals surface area contributed by atoms with E-state index in [1.165, 1.54) is 14.1 Å². The number of nitrogens with zero attached hydrogens (tertiary/aromatic N) is 4. The van der Waals surface area contributed by atoms with Crippen LogP contribution in [0.4, 0.5) is 10.6 Å². The standard InChI is InChI=1S/C27H30N4O5/c1-25(2)10-16-11-26(3,12-25)21-27(22(32)29(4)24(34)30(5)23(27)33)9-15-6-14-7-18-19(36-13-35-18)8-17(14)28-20(15)31(16)21/h6-8,16,21H,9-13H2,1-5H3/t16-,21-,26+/m0/s1. The summed E-state index contributed by atoms with van der Waals surface area (Å²) in [6, 6.07) is 5.02. The Labute approximate surface area is 209 Å². The van der Waals surface area contributed by atoms with Crippen LogP contribution in [0.5, 0.6) is 11.5 Å². The molecule has 9 nitrogen and oxygen atoms in total. The molecular formula is C27H30N4O5. The lowest BCUT2D eigenvalue weighted by atomic mass is 9.56. The first-order valence-electron chi connectivity index (χ1n) is 12.6. The summed E-state index contributed by atoms with van der Waals surface area (Å²) < 4.78 is 11.2. The first-order valence-corrected chi connectivity index (χ1v) is 12.6. The van der Waals surface area contributed by atoms with Crippen molar-refractivity contribution in [1.82, 2.24) is 14.8 Å². The number of carbonyl (C=O) groups excluding carboxylic acids is 3. The molecule has 9 heteroatoms. The van der Waals surface area contributed by atoms with E-state index in [1.54, 1.807) is 0 Å². The predicted molar refractivity (Wildman–Crippen MR) is 131 cm³/mol. The van der Waals surface area contributed by atoms with Crippen LogP contribution in [0, 0.1) is 16.2 Å². The maximum atomic E-state index is 14.1. The molecule has 4 aliphatic heterocycles. The number of urea groups is 1. The summed E-state index contributed by atoms with van der Waals surface area (Å²) >= 11 is 0. The van der Waals surface area contributed by atoms with Crippen LogP contribution in [-0.2, 0) is 16.0 Å². The number of amides is 4. The van der Waals surface area contributed by atoms with Gasteiger partial charge < -0.3 is 14.4 Å². The molecule has 188 valence electrons. The molecule has 7 rings (SSSR count). The third kappa shape index (κ3) is 2.51. The number of ether oxygens (including phenoxy) is 2.